The van der Waals surface area contributed by atoms with Gasteiger partial charge in [0.2, 0.25) is 0 Å². The lowest BCUT2D eigenvalue weighted by Gasteiger charge is -2.35. The van der Waals surface area contributed by atoms with E-state index in [4.69, 9.17) is 0 Å². The van der Waals surface area contributed by atoms with Crippen molar-refractivity contribution in [2.75, 3.05) is 9.80 Å². The predicted molar refractivity (Wildman–Crippen MR) is 130 cm³/mol. The van der Waals surface area contributed by atoms with Crippen LogP contribution in [0.5, 0.6) is 0 Å². The molecule has 0 radical (unpaired) electrons. The molecule has 154 valence electrons. The Bertz CT molecular complexity index is 1130. The first-order valence-electron chi connectivity index (χ1n) is 11.0. The molecule has 0 bridgehead atoms. The van der Waals surface area contributed by atoms with Crippen LogP contribution in [-0.2, 0) is 0 Å². The lowest BCUT2D eigenvalue weighted by atomic mass is 9.99. The van der Waals surface area contributed by atoms with Gasteiger partial charge < -0.3 is 9.80 Å². The summed E-state index contributed by atoms with van der Waals surface area (Å²) in [5.74, 6) is 0. The fraction of sp³-hybridized carbons (Fsp3) is 0.172. The summed E-state index contributed by atoms with van der Waals surface area (Å²) in [4.78, 5) is 5.21. The van der Waals surface area contributed by atoms with Gasteiger partial charge in [0.1, 0.15) is 6.17 Å². The van der Waals surface area contributed by atoms with Gasteiger partial charge >= 0.3 is 0 Å². The average Bonchev–Trinajstić information content (AvgIpc) is 3.14. The first-order chi connectivity index (χ1) is 15.3. The van der Waals surface area contributed by atoms with E-state index in [-0.39, 0.29) is 18.2 Å². The second-order valence-corrected chi connectivity index (χ2v) is 8.32. The molecule has 1 aliphatic heterocycles. The van der Waals surface area contributed by atoms with Crippen molar-refractivity contribution < 1.29 is 0 Å². The first kappa shape index (κ1) is 19.4. The zero-order valence-electron chi connectivity index (χ0n) is 18.1. The number of hydrogen-bond acceptors (Lipinski definition) is 2. The molecule has 0 aliphatic carbocycles. The van der Waals surface area contributed by atoms with Crippen molar-refractivity contribution in [2.45, 2.75) is 32.1 Å². The fourth-order valence-electron chi connectivity index (χ4n) is 5.04. The molecule has 1 fully saturated rings. The largest absolute Gasteiger partial charge is 0.342 e. The molecule has 2 heteroatoms. The maximum atomic E-state index is 2.61. The molecule has 4 aromatic carbocycles. The standard InChI is InChI=1S/C29H28N2/c1-22-14-12-13-21-27(22)30-23(2)28(24-15-6-3-7-16-24)31(26-19-10-5-11-20-26)29(30)25-17-8-4-9-18-25/h3-21,23,28-29H,1-2H3/t23-,28?,29?/m0/s1. The van der Waals surface area contributed by atoms with Crippen LogP contribution in [0.2, 0.25) is 0 Å². The van der Waals surface area contributed by atoms with Crippen molar-refractivity contribution in [3.8, 4) is 0 Å². The molecule has 0 spiro atoms. The van der Waals surface area contributed by atoms with Gasteiger partial charge in [0.15, 0.2) is 0 Å². The molecular weight excluding hydrogens is 376 g/mol. The molecule has 4 aromatic rings. The summed E-state index contributed by atoms with van der Waals surface area (Å²) in [7, 11) is 0. The SMILES string of the molecule is Cc1ccccc1N1C(c2ccccc2)N(c2ccccc2)C(c2ccccc2)[C@@H]1C. The van der Waals surface area contributed by atoms with Crippen molar-refractivity contribution in [3.63, 3.8) is 0 Å². The molecule has 31 heavy (non-hydrogen) atoms. The highest BCUT2D eigenvalue weighted by molar-refractivity contribution is 5.65. The van der Waals surface area contributed by atoms with E-state index < -0.39 is 0 Å². The molecule has 3 atom stereocenters. The van der Waals surface area contributed by atoms with Gasteiger partial charge in [-0.25, -0.2) is 0 Å². The maximum Gasteiger partial charge on any atom is 0.129 e. The van der Waals surface area contributed by atoms with Crippen molar-refractivity contribution in [2.24, 2.45) is 0 Å². The molecular formula is C29H28N2. The van der Waals surface area contributed by atoms with Gasteiger partial charge in [-0.2, -0.15) is 0 Å². The topological polar surface area (TPSA) is 6.48 Å². The molecule has 0 aromatic heterocycles. The Hall–Kier alpha value is -3.52. The quantitative estimate of drug-likeness (QED) is 0.356. The smallest absolute Gasteiger partial charge is 0.129 e. The number of rotatable bonds is 4. The number of hydrogen-bond donors (Lipinski definition) is 0. The Morgan fingerprint density at radius 2 is 1.06 bits per heavy atom. The van der Waals surface area contributed by atoms with Gasteiger partial charge in [-0.05, 0) is 48.7 Å². The van der Waals surface area contributed by atoms with Crippen LogP contribution in [-0.4, -0.2) is 6.04 Å². The van der Waals surface area contributed by atoms with E-state index in [9.17, 15) is 0 Å². The minimum absolute atomic E-state index is 0.102. The van der Waals surface area contributed by atoms with Gasteiger partial charge in [-0.15, -0.1) is 0 Å². The van der Waals surface area contributed by atoms with Crippen LogP contribution in [0.3, 0.4) is 0 Å². The summed E-state index contributed by atoms with van der Waals surface area (Å²) in [6.07, 6.45) is 0.102. The van der Waals surface area contributed by atoms with E-state index in [2.05, 4.69) is 139 Å². The zero-order chi connectivity index (χ0) is 21.2. The van der Waals surface area contributed by atoms with Crippen LogP contribution in [0.25, 0.3) is 0 Å². The highest BCUT2D eigenvalue weighted by Gasteiger charge is 2.46. The van der Waals surface area contributed by atoms with E-state index in [1.54, 1.807) is 0 Å². The van der Waals surface area contributed by atoms with Crippen molar-refractivity contribution in [3.05, 3.63) is 132 Å². The molecule has 2 nitrogen and oxygen atoms in total. The molecule has 1 saturated heterocycles. The maximum absolute atomic E-state index is 2.61. The molecule has 0 N–H and O–H groups in total. The van der Waals surface area contributed by atoms with Gasteiger partial charge in [0.25, 0.3) is 0 Å². The second kappa shape index (κ2) is 8.31. The third-order valence-corrected chi connectivity index (χ3v) is 6.41. The lowest BCUT2D eigenvalue weighted by Crippen LogP contribution is -2.33. The Labute approximate surface area is 185 Å². The Morgan fingerprint density at radius 3 is 1.68 bits per heavy atom. The van der Waals surface area contributed by atoms with E-state index in [1.165, 1.54) is 28.1 Å². The van der Waals surface area contributed by atoms with Crippen molar-refractivity contribution >= 4 is 11.4 Å². The van der Waals surface area contributed by atoms with Crippen LogP contribution >= 0.6 is 0 Å². The summed E-state index contributed by atoms with van der Waals surface area (Å²) in [5.41, 5.74) is 6.49. The summed E-state index contributed by atoms with van der Waals surface area (Å²) >= 11 is 0. The third kappa shape index (κ3) is 3.48. The summed E-state index contributed by atoms with van der Waals surface area (Å²) in [6, 6.07) is 42.0. The predicted octanol–water partition coefficient (Wildman–Crippen LogP) is 7.15. The van der Waals surface area contributed by atoms with Gasteiger partial charge in [0.05, 0.1) is 12.1 Å². The number of para-hydroxylation sites is 2. The molecule has 1 aliphatic rings. The Kier molecular flexibility index (Phi) is 5.21. The number of benzene rings is 4. The average molecular weight is 405 g/mol. The lowest BCUT2D eigenvalue weighted by molar-refractivity contribution is 0.632. The van der Waals surface area contributed by atoms with Gasteiger partial charge in [0, 0.05) is 11.4 Å². The van der Waals surface area contributed by atoms with E-state index in [0.29, 0.717) is 0 Å². The van der Waals surface area contributed by atoms with E-state index >= 15 is 0 Å². The van der Waals surface area contributed by atoms with Crippen LogP contribution < -0.4 is 9.80 Å². The minimum atomic E-state index is 0.102. The van der Waals surface area contributed by atoms with Crippen LogP contribution in [0.15, 0.2) is 115 Å². The van der Waals surface area contributed by atoms with Gasteiger partial charge in [-0.3, -0.25) is 0 Å². The zero-order valence-corrected chi connectivity index (χ0v) is 18.1. The van der Waals surface area contributed by atoms with Crippen LogP contribution in [0.1, 0.15) is 35.8 Å². The Morgan fingerprint density at radius 1 is 0.548 bits per heavy atom. The fourth-order valence-corrected chi connectivity index (χ4v) is 5.04. The van der Waals surface area contributed by atoms with Crippen molar-refractivity contribution in [1.82, 2.24) is 0 Å². The number of aryl methyl sites for hydroxylation is 1. The van der Waals surface area contributed by atoms with Crippen molar-refractivity contribution in [1.29, 1.82) is 0 Å². The third-order valence-electron chi connectivity index (χ3n) is 6.41. The number of anilines is 2. The van der Waals surface area contributed by atoms with Gasteiger partial charge in [-0.1, -0.05) is 97.1 Å². The highest BCUT2D eigenvalue weighted by atomic mass is 15.5. The molecule has 0 saturated carbocycles. The summed E-state index contributed by atoms with van der Waals surface area (Å²) < 4.78 is 0. The van der Waals surface area contributed by atoms with Crippen LogP contribution in [0, 0.1) is 6.92 Å². The molecule has 0 amide bonds. The van der Waals surface area contributed by atoms with E-state index in [1.807, 2.05) is 0 Å². The summed E-state index contributed by atoms with van der Waals surface area (Å²) in [5, 5.41) is 0. The summed E-state index contributed by atoms with van der Waals surface area (Å²) in [6.45, 7) is 4.58. The first-order valence-corrected chi connectivity index (χ1v) is 11.0. The molecule has 5 rings (SSSR count). The minimum Gasteiger partial charge on any atom is -0.342 e. The Balaban J connectivity index is 1.75. The normalized spacial score (nSPS) is 20.8. The second-order valence-electron chi connectivity index (χ2n) is 8.32. The molecule has 1 heterocycles. The monoisotopic (exact) mass is 404 g/mol. The van der Waals surface area contributed by atoms with Crippen LogP contribution in [0.4, 0.5) is 11.4 Å². The highest BCUT2D eigenvalue weighted by Crippen LogP contribution is 2.50. The number of nitrogens with zero attached hydrogens (tertiary/aromatic N) is 2. The molecule has 2 unspecified atom stereocenters. The van der Waals surface area contributed by atoms with E-state index in [0.717, 1.165) is 0 Å².